The SMILES string of the molecule is CC(C)c1c(C(=O)NCc2ccc3c(c2)CNC3)cnn1-c1ccc(Cl)cc1. The number of amides is 1. The molecule has 1 aliphatic heterocycles. The van der Waals surface area contributed by atoms with Gasteiger partial charge < -0.3 is 10.6 Å². The first kappa shape index (κ1) is 18.7. The van der Waals surface area contributed by atoms with Gasteiger partial charge in [-0.25, -0.2) is 4.68 Å². The molecule has 0 saturated carbocycles. The number of carbonyl (C=O) groups excluding carboxylic acids is 1. The number of halogens is 1. The third kappa shape index (κ3) is 3.68. The number of aromatic nitrogens is 2. The predicted molar refractivity (Wildman–Crippen MR) is 111 cm³/mol. The molecule has 0 unspecified atom stereocenters. The van der Waals surface area contributed by atoms with Crippen LogP contribution in [-0.4, -0.2) is 15.7 Å². The summed E-state index contributed by atoms with van der Waals surface area (Å²) in [5, 5.41) is 11.5. The molecule has 4 rings (SSSR count). The van der Waals surface area contributed by atoms with E-state index in [1.54, 1.807) is 6.20 Å². The van der Waals surface area contributed by atoms with E-state index in [2.05, 4.69) is 47.8 Å². The van der Waals surface area contributed by atoms with Gasteiger partial charge in [-0.05, 0) is 46.9 Å². The summed E-state index contributed by atoms with van der Waals surface area (Å²) in [6, 6.07) is 13.8. The van der Waals surface area contributed by atoms with E-state index in [-0.39, 0.29) is 11.8 Å². The second kappa shape index (κ2) is 7.78. The smallest absolute Gasteiger partial charge is 0.255 e. The van der Waals surface area contributed by atoms with E-state index in [0.717, 1.165) is 30.0 Å². The van der Waals surface area contributed by atoms with Crippen LogP contribution in [0.15, 0.2) is 48.7 Å². The van der Waals surface area contributed by atoms with Crippen molar-refractivity contribution in [3.63, 3.8) is 0 Å². The van der Waals surface area contributed by atoms with Crippen molar-refractivity contribution in [2.24, 2.45) is 0 Å². The molecule has 1 aliphatic rings. The van der Waals surface area contributed by atoms with Crippen LogP contribution in [0.4, 0.5) is 0 Å². The molecule has 0 atom stereocenters. The molecule has 0 aliphatic carbocycles. The fraction of sp³-hybridized carbons (Fsp3) is 0.273. The molecule has 0 spiro atoms. The zero-order valence-corrected chi connectivity index (χ0v) is 16.8. The molecule has 28 heavy (non-hydrogen) atoms. The Morgan fingerprint density at radius 2 is 1.93 bits per heavy atom. The quantitative estimate of drug-likeness (QED) is 0.682. The van der Waals surface area contributed by atoms with Gasteiger partial charge in [0, 0.05) is 24.7 Å². The van der Waals surface area contributed by atoms with Gasteiger partial charge in [0.1, 0.15) is 0 Å². The standard InChI is InChI=1S/C22H23ClN4O/c1-14(2)21-20(13-26-27(21)19-7-5-18(23)6-8-19)22(28)25-10-15-3-4-16-11-24-12-17(16)9-15/h3-9,13-14,24H,10-12H2,1-2H3,(H,25,28). The summed E-state index contributed by atoms with van der Waals surface area (Å²) >= 11 is 5.99. The fourth-order valence-corrected chi connectivity index (χ4v) is 3.74. The molecule has 5 nitrogen and oxygen atoms in total. The van der Waals surface area contributed by atoms with Gasteiger partial charge in [-0.2, -0.15) is 5.10 Å². The first-order valence-corrected chi connectivity index (χ1v) is 9.84. The van der Waals surface area contributed by atoms with Gasteiger partial charge in [0.15, 0.2) is 0 Å². The minimum Gasteiger partial charge on any atom is -0.348 e. The van der Waals surface area contributed by atoms with E-state index in [9.17, 15) is 4.79 Å². The second-order valence-corrected chi connectivity index (χ2v) is 7.81. The van der Waals surface area contributed by atoms with Gasteiger partial charge in [0.25, 0.3) is 5.91 Å². The van der Waals surface area contributed by atoms with E-state index in [0.29, 0.717) is 17.1 Å². The zero-order valence-electron chi connectivity index (χ0n) is 16.0. The van der Waals surface area contributed by atoms with Crippen LogP contribution in [-0.2, 0) is 19.6 Å². The van der Waals surface area contributed by atoms with E-state index in [1.165, 1.54) is 11.1 Å². The molecule has 144 valence electrons. The molecular formula is C22H23ClN4O. The highest BCUT2D eigenvalue weighted by Gasteiger charge is 2.21. The number of hydrogen-bond acceptors (Lipinski definition) is 3. The maximum Gasteiger partial charge on any atom is 0.255 e. The van der Waals surface area contributed by atoms with Crippen LogP contribution in [0.25, 0.3) is 5.69 Å². The number of rotatable bonds is 5. The number of benzene rings is 2. The van der Waals surface area contributed by atoms with Crippen LogP contribution in [0, 0.1) is 0 Å². The normalized spacial score (nSPS) is 13.0. The van der Waals surface area contributed by atoms with Crippen LogP contribution < -0.4 is 10.6 Å². The van der Waals surface area contributed by atoms with Gasteiger partial charge in [-0.1, -0.05) is 43.6 Å². The van der Waals surface area contributed by atoms with Crippen LogP contribution >= 0.6 is 11.6 Å². The highest BCUT2D eigenvalue weighted by atomic mass is 35.5. The van der Waals surface area contributed by atoms with Gasteiger partial charge in [0.2, 0.25) is 0 Å². The lowest BCUT2D eigenvalue weighted by Gasteiger charge is -2.13. The summed E-state index contributed by atoms with van der Waals surface area (Å²) in [5.74, 6) is 0.0348. The molecule has 1 aromatic heterocycles. The molecule has 0 bridgehead atoms. The van der Waals surface area contributed by atoms with Gasteiger partial charge in [-0.15, -0.1) is 0 Å². The third-order valence-corrected chi connectivity index (χ3v) is 5.28. The number of carbonyl (C=O) groups is 1. The van der Waals surface area contributed by atoms with Crippen molar-refractivity contribution < 1.29 is 4.79 Å². The molecule has 0 radical (unpaired) electrons. The lowest BCUT2D eigenvalue weighted by molar-refractivity contribution is 0.0949. The minimum atomic E-state index is -0.109. The van der Waals surface area contributed by atoms with Gasteiger partial charge in [0.05, 0.1) is 23.1 Å². The van der Waals surface area contributed by atoms with Crippen molar-refractivity contribution in [2.75, 3.05) is 0 Å². The molecule has 2 N–H and O–H groups in total. The Bertz CT molecular complexity index is 1010. The maximum atomic E-state index is 12.9. The Morgan fingerprint density at radius 1 is 1.18 bits per heavy atom. The van der Waals surface area contributed by atoms with Crippen LogP contribution in [0.1, 0.15) is 52.5 Å². The van der Waals surface area contributed by atoms with Crippen LogP contribution in [0.2, 0.25) is 5.02 Å². The number of nitrogens with one attached hydrogen (secondary N) is 2. The lowest BCUT2D eigenvalue weighted by atomic mass is 10.0. The van der Waals surface area contributed by atoms with Gasteiger partial charge in [-0.3, -0.25) is 4.79 Å². The van der Waals surface area contributed by atoms with Crippen molar-refractivity contribution in [2.45, 2.75) is 39.4 Å². The van der Waals surface area contributed by atoms with Crippen LogP contribution in [0.5, 0.6) is 0 Å². The topological polar surface area (TPSA) is 59.0 Å². The van der Waals surface area contributed by atoms with Crippen molar-refractivity contribution >= 4 is 17.5 Å². The highest BCUT2D eigenvalue weighted by Crippen LogP contribution is 2.24. The molecule has 6 heteroatoms. The van der Waals surface area contributed by atoms with E-state index < -0.39 is 0 Å². The molecular weight excluding hydrogens is 372 g/mol. The van der Waals surface area contributed by atoms with Crippen molar-refractivity contribution in [3.8, 4) is 5.69 Å². The third-order valence-electron chi connectivity index (χ3n) is 5.02. The summed E-state index contributed by atoms with van der Waals surface area (Å²) in [7, 11) is 0. The highest BCUT2D eigenvalue weighted by molar-refractivity contribution is 6.30. The lowest BCUT2D eigenvalue weighted by Crippen LogP contribution is -2.24. The molecule has 2 aromatic carbocycles. The summed E-state index contributed by atoms with van der Waals surface area (Å²) in [6.45, 7) is 6.43. The Labute approximate surface area is 169 Å². The zero-order chi connectivity index (χ0) is 19.7. The van der Waals surface area contributed by atoms with E-state index in [1.807, 2.05) is 28.9 Å². The first-order valence-electron chi connectivity index (χ1n) is 9.46. The summed E-state index contributed by atoms with van der Waals surface area (Å²) in [4.78, 5) is 12.9. The number of fused-ring (bicyclic) bond motifs is 1. The molecule has 1 amide bonds. The summed E-state index contributed by atoms with van der Waals surface area (Å²) < 4.78 is 1.82. The second-order valence-electron chi connectivity index (χ2n) is 7.38. The Balaban J connectivity index is 1.55. The Morgan fingerprint density at radius 3 is 2.68 bits per heavy atom. The van der Waals surface area contributed by atoms with Crippen molar-refractivity contribution in [3.05, 3.63) is 81.6 Å². The fourth-order valence-electron chi connectivity index (χ4n) is 3.61. The average Bonchev–Trinajstić information content (AvgIpc) is 3.33. The Hall–Kier alpha value is -2.63. The van der Waals surface area contributed by atoms with Crippen LogP contribution in [0.3, 0.4) is 0 Å². The average molecular weight is 395 g/mol. The number of hydrogen-bond donors (Lipinski definition) is 2. The summed E-state index contributed by atoms with van der Waals surface area (Å²) in [6.07, 6.45) is 1.64. The predicted octanol–water partition coefficient (Wildman–Crippen LogP) is 4.18. The molecule has 2 heterocycles. The summed E-state index contributed by atoms with van der Waals surface area (Å²) in [5.41, 5.74) is 6.13. The first-order chi connectivity index (χ1) is 13.5. The molecule has 0 saturated heterocycles. The van der Waals surface area contributed by atoms with Gasteiger partial charge >= 0.3 is 0 Å². The molecule has 0 fully saturated rings. The monoisotopic (exact) mass is 394 g/mol. The molecule has 3 aromatic rings. The van der Waals surface area contributed by atoms with E-state index >= 15 is 0 Å². The van der Waals surface area contributed by atoms with Crippen molar-refractivity contribution in [1.82, 2.24) is 20.4 Å². The maximum absolute atomic E-state index is 12.9. The van der Waals surface area contributed by atoms with Crippen molar-refractivity contribution in [1.29, 1.82) is 0 Å². The largest absolute Gasteiger partial charge is 0.348 e. The van der Waals surface area contributed by atoms with E-state index in [4.69, 9.17) is 11.6 Å². The Kier molecular flexibility index (Phi) is 5.20. The minimum absolute atomic E-state index is 0.109. The number of nitrogens with zero attached hydrogens (tertiary/aromatic N) is 2.